The second-order valence-corrected chi connectivity index (χ2v) is 7.75. The molecule has 20 heavy (non-hydrogen) atoms. The number of carbonyl (C=O) groups excluding carboxylic acids is 2. The summed E-state index contributed by atoms with van der Waals surface area (Å²) in [5, 5.41) is 2.86. The normalized spacial score (nSPS) is 36.0. The molecule has 0 aromatic carbocycles. The van der Waals surface area contributed by atoms with Gasteiger partial charge >= 0.3 is 0 Å². The molecule has 2 fully saturated rings. The fraction of sp³-hybridized carbons (Fsp3) is 0.875. The first-order valence-corrected chi connectivity index (χ1v) is 7.80. The average molecular weight is 280 g/mol. The lowest BCUT2D eigenvalue weighted by molar-refractivity contribution is -0.151. The predicted molar refractivity (Wildman–Crippen MR) is 79.1 cm³/mol. The van der Waals surface area contributed by atoms with Gasteiger partial charge in [-0.3, -0.25) is 9.59 Å². The van der Waals surface area contributed by atoms with Gasteiger partial charge in [-0.25, -0.2) is 0 Å². The monoisotopic (exact) mass is 280 g/mol. The maximum absolute atomic E-state index is 12.7. The molecule has 1 heterocycles. The van der Waals surface area contributed by atoms with Crippen molar-refractivity contribution in [3.63, 3.8) is 0 Å². The largest absolute Gasteiger partial charge is 0.342 e. The molecule has 0 radical (unpaired) electrons. The van der Waals surface area contributed by atoms with E-state index >= 15 is 0 Å². The molecule has 4 heteroatoms. The Morgan fingerprint density at radius 1 is 1.10 bits per heavy atom. The van der Waals surface area contributed by atoms with Gasteiger partial charge in [0.15, 0.2) is 0 Å². The van der Waals surface area contributed by atoms with Crippen LogP contribution in [0.25, 0.3) is 0 Å². The Kier molecular flexibility index (Phi) is 4.12. The molecule has 4 unspecified atom stereocenters. The average Bonchev–Trinajstić information content (AvgIpc) is 2.34. The van der Waals surface area contributed by atoms with Crippen molar-refractivity contribution < 1.29 is 9.59 Å². The van der Waals surface area contributed by atoms with Crippen molar-refractivity contribution in [1.29, 1.82) is 0 Å². The van der Waals surface area contributed by atoms with Gasteiger partial charge in [0.25, 0.3) is 0 Å². The third-order valence-corrected chi connectivity index (χ3v) is 5.03. The molecule has 1 N–H and O–H groups in total. The highest BCUT2D eigenvalue weighted by atomic mass is 16.2. The van der Waals surface area contributed by atoms with Gasteiger partial charge in [0.05, 0.1) is 6.54 Å². The number of amides is 2. The van der Waals surface area contributed by atoms with Crippen molar-refractivity contribution >= 4 is 11.8 Å². The van der Waals surface area contributed by atoms with Crippen LogP contribution in [-0.4, -0.2) is 35.3 Å². The second-order valence-electron chi connectivity index (χ2n) is 7.75. The summed E-state index contributed by atoms with van der Waals surface area (Å²) < 4.78 is 0. The lowest BCUT2D eigenvalue weighted by Crippen LogP contribution is -2.64. The van der Waals surface area contributed by atoms with Crippen molar-refractivity contribution in [2.45, 2.75) is 66.0 Å². The standard InChI is InChI=1S/C16H28N2O2/c1-10-6-7-12(8-11(10)2)18-9-13(19)17-14(15(18)20)16(3,4)5/h10-12,14H,6-9H2,1-5H3,(H,17,19). The lowest BCUT2D eigenvalue weighted by Gasteiger charge is -2.45. The molecule has 1 aliphatic heterocycles. The zero-order valence-corrected chi connectivity index (χ0v) is 13.4. The van der Waals surface area contributed by atoms with E-state index in [1.807, 2.05) is 25.7 Å². The van der Waals surface area contributed by atoms with Crippen LogP contribution in [0.4, 0.5) is 0 Å². The number of rotatable bonds is 1. The Labute approximate surface area is 122 Å². The molecule has 0 aromatic heterocycles. The maximum Gasteiger partial charge on any atom is 0.246 e. The fourth-order valence-electron chi connectivity index (χ4n) is 3.36. The first-order valence-electron chi connectivity index (χ1n) is 7.80. The fourth-order valence-corrected chi connectivity index (χ4v) is 3.36. The van der Waals surface area contributed by atoms with E-state index in [-0.39, 0.29) is 29.8 Å². The van der Waals surface area contributed by atoms with Crippen LogP contribution in [0.3, 0.4) is 0 Å². The highest BCUT2D eigenvalue weighted by molar-refractivity contribution is 5.95. The summed E-state index contributed by atoms with van der Waals surface area (Å²) in [5.74, 6) is 1.43. The van der Waals surface area contributed by atoms with E-state index < -0.39 is 6.04 Å². The van der Waals surface area contributed by atoms with E-state index in [9.17, 15) is 9.59 Å². The Morgan fingerprint density at radius 2 is 1.75 bits per heavy atom. The van der Waals surface area contributed by atoms with E-state index in [1.165, 1.54) is 0 Å². The molecule has 1 saturated heterocycles. The summed E-state index contributed by atoms with van der Waals surface area (Å²) in [7, 11) is 0. The molecule has 0 spiro atoms. The van der Waals surface area contributed by atoms with Gasteiger partial charge in [0.1, 0.15) is 6.04 Å². The van der Waals surface area contributed by atoms with Crippen LogP contribution >= 0.6 is 0 Å². The van der Waals surface area contributed by atoms with Crippen molar-refractivity contribution in [2.24, 2.45) is 17.3 Å². The number of hydrogen-bond donors (Lipinski definition) is 1. The second kappa shape index (κ2) is 5.38. The summed E-state index contributed by atoms with van der Waals surface area (Å²) in [6, 6.07) is -0.150. The summed E-state index contributed by atoms with van der Waals surface area (Å²) >= 11 is 0. The summed E-state index contributed by atoms with van der Waals surface area (Å²) in [6.45, 7) is 10.8. The van der Waals surface area contributed by atoms with E-state index in [4.69, 9.17) is 0 Å². The number of nitrogens with zero attached hydrogens (tertiary/aromatic N) is 1. The van der Waals surface area contributed by atoms with E-state index in [0.717, 1.165) is 25.2 Å². The number of hydrogen-bond acceptors (Lipinski definition) is 2. The third kappa shape index (κ3) is 2.99. The molecular formula is C16H28N2O2. The van der Waals surface area contributed by atoms with E-state index in [1.54, 1.807) is 0 Å². The maximum atomic E-state index is 12.7. The minimum Gasteiger partial charge on any atom is -0.342 e. The van der Waals surface area contributed by atoms with Crippen LogP contribution < -0.4 is 5.32 Å². The summed E-state index contributed by atoms with van der Waals surface area (Å²) in [6.07, 6.45) is 3.20. The SMILES string of the molecule is CC1CCC(N2CC(=O)NC(C(C)(C)C)C2=O)CC1C. The van der Waals surface area contributed by atoms with Gasteiger partial charge in [0, 0.05) is 6.04 Å². The molecule has 2 aliphatic rings. The van der Waals surface area contributed by atoms with Gasteiger partial charge in [-0.05, 0) is 36.5 Å². The van der Waals surface area contributed by atoms with Gasteiger partial charge in [-0.2, -0.15) is 0 Å². The minimum atomic E-state index is -0.390. The Hall–Kier alpha value is -1.06. The van der Waals surface area contributed by atoms with Gasteiger partial charge < -0.3 is 10.2 Å². The topological polar surface area (TPSA) is 49.4 Å². The molecule has 2 rings (SSSR count). The first kappa shape index (κ1) is 15.3. The van der Waals surface area contributed by atoms with Gasteiger partial charge in [0.2, 0.25) is 11.8 Å². The van der Waals surface area contributed by atoms with Crippen LogP contribution in [0.5, 0.6) is 0 Å². The third-order valence-electron chi connectivity index (χ3n) is 5.03. The van der Waals surface area contributed by atoms with Gasteiger partial charge in [-0.1, -0.05) is 34.6 Å². The molecule has 2 amide bonds. The lowest BCUT2D eigenvalue weighted by atomic mass is 9.77. The Morgan fingerprint density at radius 3 is 2.30 bits per heavy atom. The van der Waals surface area contributed by atoms with Crippen molar-refractivity contribution in [1.82, 2.24) is 10.2 Å². The Bertz CT molecular complexity index is 400. The molecule has 4 atom stereocenters. The zero-order valence-electron chi connectivity index (χ0n) is 13.4. The Balaban J connectivity index is 2.14. The molecule has 0 bridgehead atoms. The van der Waals surface area contributed by atoms with Crippen LogP contribution in [0.1, 0.15) is 53.9 Å². The summed E-state index contributed by atoms with van der Waals surface area (Å²) in [4.78, 5) is 26.5. The molecule has 1 aliphatic carbocycles. The minimum absolute atomic E-state index is 0.0178. The molecule has 4 nitrogen and oxygen atoms in total. The van der Waals surface area contributed by atoms with Crippen LogP contribution in [0, 0.1) is 17.3 Å². The van der Waals surface area contributed by atoms with Crippen LogP contribution in [0.2, 0.25) is 0 Å². The highest BCUT2D eigenvalue weighted by Crippen LogP contribution is 2.34. The highest BCUT2D eigenvalue weighted by Gasteiger charge is 2.43. The van der Waals surface area contributed by atoms with Crippen molar-refractivity contribution in [2.75, 3.05) is 6.54 Å². The van der Waals surface area contributed by atoms with Crippen molar-refractivity contribution in [3.8, 4) is 0 Å². The number of piperazine rings is 1. The summed E-state index contributed by atoms with van der Waals surface area (Å²) in [5.41, 5.74) is -0.237. The number of carbonyl (C=O) groups is 2. The molecule has 1 saturated carbocycles. The zero-order chi connectivity index (χ0) is 15.1. The molecule has 0 aromatic rings. The van der Waals surface area contributed by atoms with E-state index in [0.29, 0.717) is 5.92 Å². The quantitative estimate of drug-likeness (QED) is 0.800. The van der Waals surface area contributed by atoms with Crippen molar-refractivity contribution in [3.05, 3.63) is 0 Å². The van der Waals surface area contributed by atoms with Crippen LogP contribution in [0.15, 0.2) is 0 Å². The predicted octanol–water partition coefficient (Wildman–Crippen LogP) is 2.18. The first-order chi connectivity index (χ1) is 9.20. The van der Waals surface area contributed by atoms with E-state index in [2.05, 4.69) is 19.2 Å². The smallest absolute Gasteiger partial charge is 0.246 e. The van der Waals surface area contributed by atoms with Crippen LogP contribution in [-0.2, 0) is 9.59 Å². The number of nitrogens with one attached hydrogen (secondary N) is 1. The van der Waals surface area contributed by atoms with Gasteiger partial charge in [-0.15, -0.1) is 0 Å². The molecule has 114 valence electrons. The molecular weight excluding hydrogens is 252 g/mol.